The van der Waals surface area contributed by atoms with Crippen LogP contribution in [-0.2, 0) is 22.6 Å². The second kappa shape index (κ2) is 9.21. The maximum Gasteiger partial charge on any atom is 0.220 e. The van der Waals surface area contributed by atoms with Crippen LogP contribution in [0.2, 0.25) is 0 Å². The highest BCUT2D eigenvalue weighted by atomic mass is 16.5. The lowest BCUT2D eigenvalue weighted by Gasteiger charge is -2.29. The molecule has 0 aromatic heterocycles. The van der Waals surface area contributed by atoms with Crippen LogP contribution in [0.15, 0.2) is 66.7 Å². The number of methoxy groups -OCH3 is 1. The van der Waals surface area contributed by atoms with Crippen molar-refractivity contribution in [2.75, 3.05) is 7.11 Å². The Kier molecular flexibility index (Phi) is 6.21. The first-order valence-electron chi connectivity index (χ1n) is 10.7. The Hall–Kier alpha value is -3.34. The molecule has 0 aliphatic carbocycles. The van der Waals surface area contributed by atoms with Crippen molar-refractivity contribution in [3.05, 3.63) is 77.9 Å². The summed E-state index contributed by atoms with van der Waals surface area (Å²) < 4.78 is 5.16. The summed E-state index contributed by atoms with van der Waals surface area (Å²) in [4.78, 5) is 24.5. The zero-order chi connectivity index (χ0) is 21.7. The predicted octanol–water partition coefficient (Wildman–Crippen LogP) is 4.14. The van der Waals surface area contributed by atoms with Crippen LogP contribution in [0, 0.1) is 0 Å². The molecule has 1 saturated heterocycles. The number of amides is 2. The summed E-state index contributed by atoms with van der Waals surface area (Å²) in [5.74, 6) is 0.858. The quantitative estimate of drug-likeness (QED) is 0.580. The van der Waals surface area contributed by atoms with Gasteiger partial charge in [0.1, 0.15) is 5.75 Å². The van der Waals surface area contributed by atoms with E-state index in [1.807, 2.05) is 36.4 Å². The second-order valence-corrected chi connectivity index (χ2v) is 8.31. The van der Waals surface area contributed by atoms with E-state index in [1.165, 1.54) is 16.3 Å². The highest BCUT2D eigenvalue weighted by Crippen LogP contribution is 2.30. The van der Waals surface area contributed by atoms with E-state index in [-0.39, 0.29) is 17.4 Å². The number of carbonyl (C=O) groups is 2. The highest BCUT2D eigenvalue weighted by Gasteiger charge is 2.37. The molecule has 5 nitrogen and oxygen atoms in total. The fraction of sp³-hybridized carbons (Fsp3) is 0.308. The van der Waals surface area contributed by atoms with Crippen LogP contribution in [-0.4, -0.2) is 24.5 Å². The van der Waals surface area contributed by atoms with Gasteiger partial charge in [0.2, 0.25) is 11.8 Å². The number of carbonyl (C=O) groups excluding carboxylic acids is 2. The van der Waals surface area contributed by atoms with Gasteiger partial charge in [-0.15, -0.1) is 0 Å². The fourth-order valence-corrected chi connectivity index (χ4v) is 4.31. The molecule has 5 heteroatoms. The molecule has 0 unspecified atom stereocenters. The lowest BCUT2D eigenvalue weighted by Crippen LogP contribution is -2.44. The first-order valence-corrected chi connectivity index (χ1v) is 10.7. The molecule has 2 amide bonds. The molecule has 0 radical (unpaired) electrons. The van der Waals surface area contributed by atoms with E-state index in [2.05, 4.69) is 41.0 Å². The van der Waals surface area contributed by atoms with Crippen LogP contribution < -0.4 is 15.4 Å². The molecule has 0 saturated carbocycles. The Morgan fingerprint density at radius 1 is 1.03 bits per heavy atom. The average Bonchev–Trinajstić information content (AvgIpc) is 3.17. The molecule has 1 heterocycles. The SMILES string of the molecule is COc1ccc(CNC(=O)CC[C@@]2(Cc3ccc4ccccc4c3)CCC(=O)N2)cc1. The molecular formula is C26H28N2O3. The van der Waals surface area contributed by atoms with E-state index in [4.69, 9.17) is 4.74 Å². The van der Waals surface area contributed by atoms with Gasteiger partial charge in [0.25, 0.3) is 0 Å². The number of hydrogen-bond donors (Lipinski definition) is 2. The van der Waals surface area contributed by atoms with Crippen molar-refractivity contribution in [2.45, 2.75) is 44.2 Å². The number of hydrogen-bond acceptors (Lipinski definition) is 3. The zero-order valence-electron chi connectivity index (χ0n) is 17.8. The minimum absolute atomic E-state index is 0.00477. The van der Waals surface area contributed by atoms with Gasteiger partial charge >= 0.3 is 0 Å². The maximum atomic E-state index is 12.5. The molecular weight excluding hydrogens is 388 g/mol. The van der Waals surface area contributed by atoms with E-state index in [0.29, 0.717) is 25.8 Å². The van der Waals surface area contributed by atoms with Crippen LogP contribution in [0.5, 0.6) is 5.75 Å². The maximum absolute atomic E-state index is 12.5. The lowest BCUT2D eigenvalue weighted by atomic mass is 9.84. The summed E-state index contributed by atoms with van der Waals surface area (Å²) in [6.07, 6.45) is 3.00. The van der Waals surface area contributed by atoms with Crippen molar-refractivity contribution in [3.63, 3.8) is 0 Å². The number of rotatable bonds is 8. The molecule has 160 valence electrons. The number of fused-ring (bicyclic) bond motifs is 1. The molecule has 3 aromatic rings. The van der Waals surface area contributed by atoms with Crippen molar-refractivity contribution in [1.82, 2.24) is 10.6 Å². The summed E-state index contributed by atoms with van der Waals surface area (Å²) in [6.45, 7) is 0.479. The third kappa shape index (κ3) is 5.23. The van der Waals surface area contributed by atoms with E-state index in [0.717, 1.165) is 24.2 Å². The summed E-state index contributed by atoms with van der Waals surface area (Å²) in [5, 5.41) is 8.55. The van der Waals surface area contributed by atoms with Gasteiger partial charge in [0.15, 0.2) is 0 Å². The standard InChI is InChI=1S/C26H28N2O3/c1-31-23-10-7-19(8-11-23)18-27-24(29)12-14-26(15-13-25(30)28-26)17-20-6-9-21-4-2-3-5-22(21)16-20/h2-11,16H,12-15,17-18H2,1H3,(H,27,29)(H,28,30)/t26-/m0/s1. The van der Waals surface area contributed by atoms with Crippen molar-refractivity contribution < 1.29 is 14.3 Å². The Balaban J connectivity index is 1.37. The van der Waals surface area contributed by atoms with Crippen molar-refractivity contribution >= 4 is 22.6 Å². The minimum atomic E-state index is -0.364. The van der Waals surface area contributed by atoms with Crippen LogP contribution in [0.4, 0.5) is 0 Å². The fourth-order valence-electron chi connectivity index (χ4n) is 4.31. The Bertz CT molecular complexity index is 1080. The zero-order valence-corrected chi connectivity index (χ0v) is 17.8. The number of benzene rings is 3. The molecule has 0 spiro atoms. The molecule has 1 fully saturated rings. The second-order valence-electron chi connectivity index (χ2n) is 8.31. The molecule has 3 aromatic carbocycles. The van der Waals surface area contributed by atoms with Crippen LogP contribution >= 0.6 is 0 Å². The van der Waals surface area contributed by atoms with Gasteiger partial charge in [-0.05, 0) is 53.3 Å². The summed E-state index contributed by atoms with van der Waals surface area (Å²) >= 11 is 0. The van der Waals surface area contributed by atoms with E-state index in [9.17, 15) is 9.59 Å². The minimum Gasteiger partial charge on any atom is -0.497 e. The number of nitrogens with one attached hydrogen (secondary N) is 2. The van der Waals surface area contributed by atoms with E-state index >= 15 is 0 Å². The molecule has 1 aliphatic heterocycles. The first kappa shape index (κ1) is 20.9. The van der Waals surface area contributed by atoms with Crippen molar-refractivity contribution in [2.24, 2.45) is 0 Å². The monoisotopic (exact) mass is 416 g/mol. The van der Waals surface area contributed by atoms with Gasteiger partial charge in [-0.2, -0.15) is 0 Å². The summed E-state index contributed by atoms with van der Waals surface area (Å²) in [7, 11) is 1.63. The van der Waals surface area contributed by atoms with Gasteiger partial charge < -0.3 is 15.4 Å². The van der Waals surface area contributed by atoms with Crippen molar-refractivity contribution in [3.8, 4) is 5.75 Å². The molecule has 2 N–H and O–H groups in total. The topological polar surface area (TPSA) is 67.4 Å². The molecule has 31 heavy (non-hydrogen) atoms. The van der Waals surface area contributed by atoms with Gasteiger partial charge in [0, 0.05) is 24.9 Å². The summed E-state index contributed by atoms with van der Waals surface area (Å²) in [6, 6.07) is 22.3. The first-order chi connectivity index (χ1) is 15.0. The Morgan fingerprint density at radius 2 is 1.77 bits per heavy atom. The van der Waals surface area contributed by atoms with Crippen LogP contribution in [0.25, 0.3) is 10.8 Å². The molecule has 0 bridgehead atoms. The van der Waals surface area contributed by atoms with Gasteiger partial charge in [-0.25, -0.2) is 0 Å². The predicted molar refractivity (Wildman–Crippen MR) is 122 cm³/mol. The molecule has 1 aliphatic rings. The highest BCUT2D eigenvalue weighted by molar-refractivity contribution is 5.83. The third-order valence-corrected chi connectivity index (χ3v) is 6.07. The molecule has 4 rings (SSSR count). The lowest BCUT2D eigenvalue weighted by molar-refractivity contribution is -0.122. The third-order valence-electron chi connectivity index (χ3n) is 6.07. The van der Waals surface area contributed by atoms with Crippen LogP contribution in [0.3, 0.4) is 0 Å². The molecule has 1 atom stereocenters. The van der Waals surface area contributed by atoms with Crippen LogP contribution in [0.1, 0.15) is 36.8 Å². The van der Waals surface area contributed by atoms with Crippen molar-refractivity contribution in [1.29, 1.82) is 0 Å². The van der Waals surface area contributed by atoms with E-state index in [1.54, 1.807) is 7.11 Å². The van der Waals surface area contributed by atoms with Gasteiger partial charge in [0.05, 0.1) is 7.11 Å². The number of ether oxygens (including phenoxy) is 1. The van der Waals surface area contributed by atoms with Gasteiger partial charge in [-0.3, -0.25) is 9.59 Å². The normalized spacial score (nSPS) is 18.0. The average molecular weight is 417 g/mol. The Morgan fingerprint density at radius 3 is 2.48 bits per heavy atom. The smallest absolute Gasteiger partial charge is 0.220 e. The largest absolute Gasteiger partial charge is 0.497 e. The van der Waals surface area contributed by atoms with E-state index < -0.39 is 0 Å². The Labute approximate surface area is 182 Å². The summed E-state index contributed by atoms with van der Waals surface area (Å²) in [5.41, 5.74) is 1.84. The van der Waals surface area contributed by atoms with Gasteiger partial charge in [-0.1, -0.05) is 54.6 Å².